The number of hydrogen-bond acceptors (Lipinski definition) is 1. The molecule has 0 aliphatic heterocycles. The van der Waals surface area contributed by atoms with Crippen molar-refractivity contribution in [3.8, 4) is 12.3 Å². The van der Waals surface area contributed by atoms with Crippen LogP contribution < -0.4 is 0 Å². The number of fused-ring (bicyclic) bond motifs is 3. The van der Waals surface area contributed by atoms with Gasteiger partial charge in [-0.1, -0.05) is 18.2 Å². The Balaban J connectivity index is 2.56. The summed E-state index contributed by atoms with van der Waals surface area (Å²) in [5.74, 6) is 3.62. The number of aryl methyl sites for hydroxylation is 1. The molecule has 3 heteroatoms. The quantitative estimate of drug-likeness (QED) is 0.594. The Labute approximate surface area is 105 Å². The van der Waals surface area contributed by atoms with Crippen molar-refractivity contribution in [2.75, 3.05) is 0 Å². The standard InChI is InChI=1S/C15H13N3/c1-4-8-11-12(5-2)18-14-10-7-6-9-13(14)17(3)15(18)16-11/h2,4,6-10H,1,3H3/b8-4-. The second-order valence-electron chi connectivity index (χ2n) is 4.17. The van der Waals surface area contributed by atoms with Crippen molar-refractivity contribution in [2.45, 2.75) is 6.92 Å². The molecule has 0 atom stereocenters. The predicted molar refractivity (Wildman–Crippen MR) is 74.3 cm³/mol. The average Bonchev–Trinajstić information content (AvgIpc) is 2.88. The molecule has 0 amide bonds. The van der Waals surface area contributed by atoms with Crippen molar-refractivity contribution in [1.29, 1.82) is 0 Å². The van der Waals surface area contributed by atoms with E-state index in [0.717, 1.165) is 28.2 Å². The highest BCUT2D eigenvalue weighted by Gasteiger charge is 2.15. The van der Waals surface area contributed by atoms with Crippen molar-refractivity contribution >= 4 is 22.9 Å². The zero-order valence-corrected chi connectivity index (χ0v) is 10.4. The maximum Gasteiger partial charge on any atom is 0.216 e. The van der Waals surface area contributed by atoms with Crippen LogP contribution >= 0.6 is 0 Å². The molecule has 0 aliphatic carbocycles. The number of nitrogens with zero attached hydrogens (tertiary/aromatic N) is 3. The third-order valence-corrected chi connectivity index (χ3v) is 3.13. The number of imidazole rings is 2. The lowest BCUT2D eigenvalue weighted by atomic mass is 10.3. The lowest BCUT2D eigenvalue weighted by Gasteiger charge is -1.95. The zero-order valence-electron chi connectivity index (χ0n) is 10.4. The number of aromatic nitrogens is 3. The zero-order chi connectivity index (χ0) is 12.7. The molecule has 2 heterocycles. The van der Waals surface area contributed by atoms with E-state index in [2.05, 4.69) is 27.6 Å². The average molecular weight is 235 g/mol. The Morgan fingerprint density at radius 2 is 2.00 bits per heavy atom. The van der Waals surface area contributed by atoms with E-state index in [1.165, 1.54) is 0 Å². The molecule has 0 radical (unpaired) electrons. The smallest absolute Gasteiger partial charge is 0.216 e. The van der Waals surface area contributed by atoms with Crippen LogP contribution in [-0.4, -0.2) is 14.0 Å². The fraction of sp³-hybridized carbons (Fsp3) is 0.133. The first-order valence-corrected chi connectivity index (χ1v) is 5.83. The summed E-state index contributed by atoms with van der Waals surface area (Å²) in [6.07, 6.45) is 9.53. The van der Waals surface area contributed by atoms with E-state index in [4.69, 9.17) is 6.42 Å². The van der Waals surface area contributed by atoms with Crippen LogP contribution in [0.1, 0.15) is 18.3 Å². The second kappa shape index (κ2) is 3.78. The maximum atomic E-state index is 5.64. The summed E-state index contributed by atoms with van der Waals surface area (Å²) >= 11 is 0. The van der Waals surface area contributed by atoms with Crippen LogP contribution in [0.4, 0.5) is 0 Å². The molecule has 2 aromatic heterocycles. The van der Waals surface area contributed by atoms with Crippen LogP contribution in [0.25, 0.3) is 22.9 Å². The monoisotopic (exact) mass is 235 g/mol. The van der Waals surface area contributed by atoms with Gasteiger partial charge >= 0.3 is 0 Å². The van der Waals surface area contributed by atoms with Gasteiger partial charge in [0.1, 0.15) is 5.69 Å². The second-order valence-corrected chi connectivity index (χ2v) is 4.17. The third kappa shape index (κ3) is 1.23. The Bertz CT molecular complexity index is 810. The Morgan fingerprint density at radius 3 is 2.67 bits per heavy atom. The molecule has 3 aromatic rings. The molecule has 0 unspecified atom stereocenters. The van der Waals surface area contributed by atoms with Crippen LogP contribution in [0.5, 0.6) is 0 Å². The molecule has 0 aliphatic rings. The summed E-state index contributed by atoms with van der Waals surface area (Å²) < 4.78 is 4.09. The largest absolute Gasteiger partial charge is 0.313 e. The molecule has 0 spiro atoms. The van der Waals surface area contributed by atoms with E-state index in [9.17, 15) is 0 Å². The highest BCUT2D eigenvalue weighted by atomic mass is 15.2. The van der Waals surface area contributed by atoms with Crippen molar-refractivity contribution in [2.24, 2.45) is 7.05 Å². The fourth-order valence-electron chi connectivity index (χ4n) is 2.34. The van der Waals surface area contributed by atoms with Gasteiger partial charge in [-0.2, -0.15) is 0 Å². The SMILES string of the molecule is C#Cc1c(/C=C\C)nc2n(C)c3ccccc3n12. The van der Waals surface area contributed by atoms with Crippen molar-refractivity contribution in [3.05, 3.63) is 41.7 Å². The molecular weight excluding hydrogens is 222 g/mol. The molecule has 0 saturated heterocycles. The number of hydrogen-bond donors (Lipinski definition) is 0. The van der Waals surface area contributed by atoms with Crippen LogP contribution in [0.15, 0.2) is 30.3 Å². The number of benzene rings is 1. The predicted octanol–water partition coefficient (Wildman–Crippen LogP) is 2.84. The van der Waals surface area contributed by atoms with Crippen LogP contribution in [0.3, 0.4) is 0 Å². The van der Waals surface area contributed by atoms with Gasteiger partial charge in [-0.3, -0.25) is 4.40 Å². The van der Waals surface area contributed by atoms with Crippen LogP contribution in [0.2, 0.25) is 0 Å². The third-order valence-electron chi connectivity index (χ3n) is 3.13. The minimum atomic E-state index is 0.805. The first-order chi connectivity index (χ1) is 8.77. The molecule has 0 fully saturated rings. The van der Waals surface area contributed by atoms with Gasteiger partial charge in [0.15, 0.2) is 0 Å². The van der Waals surface area contributed by atoms with E-state index < -0.39 is 0 Å². The van der Waals surface area contributed by atoms with Gasteiger partial charge in [0.2, 0.25) is 5.78 Å². The van der Waals surface area contributed by atoms with E-state index >= 15 is 0 Å². The van der Waals surface area contributed by atoms with E-state index in [-0.39, 0.29) is 0 Å². The van der Waals surface area contributed by atoms with Gasteiger partial charge in [-0.05, 0) is 31.1 Å². The van der Waals surface area contributed by atoms with E-state index in [0.29, 0.717) is 0 Å². The van der Waals surface area contributed by atoms with Crippen molar-refractivity contribution < 1.29 is 0 Å². The van der Waals surface area contributed by atoms with Gasteiger partial charge in [0.25, 0.3) is 0 Å². The highest BCUT2D eigenvalue weighted by Crippen LogP contribution is 2.23. The van der Waals surface area contributed by atoms with Crippen LogP contribution in [0, 0.1) is 12.3 Å². The molecule has 1 aromatic carbocycles. The summed E-state index contributed by atoms with van der Waals surface area (Å²) in [6, 6.07) is 8.16. The maximum absolute atomic E-state index is 5.64. The summed E-state index contributed by atoms with van der Waals surface area (Å²) in [7, 11) is 2.00. The molecular formula is C15H13N3. The molecule has 3 rings (SSSR count). The fourth-order valence-corrected chi connectivity index (χ4v) is 2.34. The lowest BCUT2D eigenvalue weighted by molar-refractivity contribution is 0.968. The first kappa shape index (κ1) is 10.7. The number of allylic oxidation sites excluding steroid dienone is 1. The topological polar surface area (TPSA) is 22.2 Å². The summed E-state index contributed by atoms with van der Waals surface area (Å²) in [6.45, 7) is 1.96. The van der Waals surface area contributed by atoms with Gasteiger partial charge < -0.3 is 4.57 Å². The van der Waals surface area contributed by atoms with Gasteiger partial charge in [0, 0.05) is 7.05 Å². The Morgan fingerprint density at radius 1 is 1.28 bits per heavy atom. The lowest BCUT2D eigenvalue weighted by Crippen LogP contribution is -1.88. The van der Waals surface area contributed by atoms with Crippen molar-refractivity contribution in [1.82, 2.24) is 14.0 Å². The molecule has 0 N–H and O–H groups in total. The summed E-state index contributed by atoms with van der Waals surface area (Å²) in [5.41, 5.74) is 3.87. The summed E-state index contributed by atoms with van der Waals surface area (Å²) in [4.78, 5) is 4.61. The molecule has 0 saturated carbocycles. The Hall–Kier alpha value is -2.47. The molecule has 3 nitrogen and oxygen atoms in total. The minimum absolute atomic E-state index is 0.805. The Kier molecular flexibility index (Phi) is 2.24. The van der Waals surface area contributed by atoms with Gasteiger partial charge in [0.05, 0.1) is 16.7 Å². The number of terminal acetylenes is 1. The van der Waals surface area contributed by atoms with Crippen molar-refractivity contribution in [3.63, 3.8) is 0 Å². The van der Waals surface area contributed by atoms with E-state index in [1.807, 2.05) is 42.7 Å². The molecule has 0 bridgehead atoms. The number of para-hydroxylation sites is 2. The molecule has 88 valence electrons. The summed E-state index contributed by atoms with van der Waals surface area (Å²) in [5, 5.41) is 0. The molecule has 18 heavy (non-hydrogen) atoms. The van der Waals surface area contributed by atoms with Crippen LogP contribution in [-0.2, 0) is 7.05 Å². The number of rotatable bonds is 1. The normalized spacial score (nSPS) is 11.6. The first-order valence-electron chi connectivity index (χ1n) is 5.83. The van der Waals surface area contributed by atoms with Gasteiger partial charge in [-0.15, -0.1) is 6.42 Å². The minimum Gasteiger partial charge on any atom is -0.313 e. The van der Waals surface area contributed by atoms with Gasteiger partial charge in [-0.25, -0.2) is 4.98 Å². The van der Waals surface area contributed by atoms with E-state index in [1.54, 1.807) is 0 Å². The highest BCUT2D eigenvalue weighted by molar-refractivity contribution is 5.82.